The largest absolute Gasteiger partial charge is 0.496 e. The maximum absolute atomic E-state index is 12.9. The predicted molar refractivity (Wildman–Crippen MR) is 132 cm³/mol. The highest BCUT2D eigenvalue weighted by atomic mass is 79.9. The summed E-state index contributed by atoms with van der Waals surface area (Å²) in [4.78, 5) is 37.9. The van der Waals surface area contributed by atoms with Crippen LogP contribution < -0.4 is 15.4 Å². The molecule has 0 aliphatic carbocycles. The molecule has 2 atom stereocenters. The Morgan fingerprint density at radius 1 is 1.26 bits per heavy atom. The molecule has 0 radical (unpaired) electrons. The highest BCUT2D eigenvalue weighted by molar-refractivity contribution is 9.10. The van der Waals surface area contributed by atoms with Crippen LogP contribution in [0.2, 0.25) is 5.02 Å². The monoisotopic (exact) mass is 563 g/mol. The minimum Gasteiger partial charge on any atom is -0.496 e. The molecule has 1 aliphatic heterocycles. The Morgan fingerprint density at radius 2 is 2.03 bits per heavy atom. The molecule has 0 spiro atoms. The summed E-state index contributed by atoms with van der Waals surface area (Å²) in [5.41, 5.74) is 1.20. The van der Waals surface area contributed by atoms with E-state index in [9.17, 15) is 19.6 Å². The molecule has 1 aliphatic rings. The number of anilines is 1. The zero-order chi connectivity index (χ0) is 24.8. The molecule has 0 saturated carbocycles. The molecule has 0 saturated heterocycles. The number of allylic oxidation sites excluding steroid dienone is 1. The topological polar surface area (TPSA) is 118 Å². The van der Waals surface area contributed by atoms with Crippen LogP contribution in [-0.4, -0.2) is 37.8 Å². The third kappa shape index (κ3) is 5.73. The van der Waals surface area contributed by atoms with Gasteiger partial charge in [0, 0.05) is 16.6 Å². The molecular weight excluding hydrogens is 546 g/mol. The van der Waals surface area contributed by atoms with Gasteiger partial charge in [0.2, 0.25) is 11.8 Å². The Labute approximate surface area is 213 Å². The van der Waals surface area contributed by atoms with Gasteiger partial charge in [0.1, 0.15) is 11.7 Å². The lowest BCUT2D eigenvalue weighted by Crippen LogP contribution is -2.44. The van der Waals surface area contributed by atoms with Gasteiger partial charge >= 0.3 is 5.97 Å². The van der Waals surface area contributed by atoms with Crippen LogP contribution in [0.5, 0.6) is 5.75 Å². The number of halogens is 2. The highest BCUT2D eigenvalue weighted by Gasteiger charge is 2.44. The molecule has 1 heterocycles. The van der Waals surface area contributed by atoms with Crippen molar-refractivity contribution in [1.82, 2.24) is 5.32 Å². The molecule has 11 heteroatoms. The van der Waals surface area contributed by atoms with E-state index in [1.807, 2.05) is 0 Å². The van der Waals surface area contributed by atoms with Crippen molar-refractivity contribution in [2.45, 2.75) is 5.92 Å². The summed E-state index contributed by atoms with van der Waals surface area (Å²) in [7, 11) is 2.69. The maximum Gasteiger partial charge on any atom is 0.319 e. The van der Waals surface area contributed by atoms with E-state index in [2.05, 4.69) is 32.6 Å². The number of carbonyl (C=O) groups excluding carboxylic acids is 3. The van der Waals surface area contributed by atoms with Gasteiger partial charge in [0.05, 0.1) is 41.1 Å². The van der Waals surface area contributed by atoms with Gasteiger partial charge in [-0.3, -0.25) is 14.4 Å². The number of nitriles is 1. The molecule has 2 amide bonds. The van der Waals surface area contributed by atoms with Gasteiger partial charge in [-0.15, -0.1) is 0 Å². The second-order valence-electron chi connectivity index (χ2n) is 7.06. The molecule has 34 heavy (non-hydrogen) atoms. The Balaban J connectivity index is 1.93. The van der Waals surface area contributed by atoms with Crippen LogP contribution in [0.25, 0.3) is 0 Å². The summed E-state index contributed by atoms with van der Waals surface area (Å²) in [6, 6.07) is 13.8. The van der Waals surface area contributed by atoms with Crippen molar-refractivity contribution in [2.75, 3.05) is 25.3 Å². The fourth-order valence-electron chi connectivity index (χ4n) is 3.46. The van der Waals surface area contributed by atoms with E-state index in [1.165, 1.54) is 14.2 Å². The van der Waals surface area contributed by atoms with Gasteiger partial charge in [-0.25, -0.2) is 0 Å². The fourth-order valence-corrected chi connectivity index (χ4v) is 5.05. The first-order valence-corrected chi connectivity index (χ1v) is 12.0. The lowest BCUT2D eigenvalue weighted by atomic mass is 9.78. The molecule has 2 aromatic carbocycles. The molecule has 0 aromatic heterocycles. The van der Waals surface area contributed by atoms with Crippen LogP contribution >= 0.6 is 39.3 Å². The number of nitrogens with zero attached hydrogens (tertiary/aromatic N) is 1. The molecular formula is C23H19BrClN3O5S. The summed E-state index contributed by atoms with van der Waals surface area (Å²) < 4.78 is 10.7. The molecule has 176 valence electrons. The minimum atomic E-state index is -1.27. The predicted octanol–water partition coefficient (Wildman–Crippen LogP) is 4.22. The minimum absolute atomic E-state index is 0.0881. The van der Waals surface area contributed by atoms with Crippen LogP contribution in [0, 0.1) is 17.2 Å². The number of carbonyl (C=O) groups is 3. The zero-order valence-electron chi connectivity index (χ0n) is 18.1. The van der Waals surface area contributed by atoms with Crippen LogP contribution in [0.15, 0.2) is 57.5 Å². The first-order valence-electron chi connectivity index (χ1n) is 9.83. The standard InChI is InChI=1S/C23H19BrClN3O5S/c1-32-17-7-6-12(8-16(17)24)19-15(10-26)22(28-21(30)20(19)23(31)33-2)34-11-18(29)27-14-5-3-4-13(25)9-14/h3-9,19-20H,11H2,1-2H3,(H,27,29)(H,28,30)/t19-,20-/m1/s1. The summed E-state index contributed by atoms with van der Waals surface area (Å²) >= 11 is 10.3. The van der Waals surface area contributed by atoms with E-state index in [0.29, 0.717) is 26.5 Å². The van der Waals surface area contributed by atoms with Crippen molar-refractivity contribution in [3.8, 4) is 11.8 Å². The second kappa shape index (κ2) is 11.4. The normalized spacial score (nSPS) is 17.4. The van der Waals surface area contributed by atoms with Gasteiger partial charge in [0.25, 0.3) is 0 Å². The van der Waals surface area contributed by atoms with Crippen LogP contribution in [-0.2, 0) is 19.1 Å². The van der Waals surface area contributed by atoms with Gasteiger partial charge in [0.15, 0.2) is 0 Å². The summed E-state index contributed by atoms with van der Waals surface area (Å²) in [5.74, 6) is -3.48. The van der Waals surface area contributed by atoms with Gasteiger partial charge in [-0.1, -0.05) is 35.5 Å². The lowest BCUT2D eigenvalue weighted by molar-refractivity contribution is -0.150. The summed E-state index contributed by atoms with van der Waals surface area (Å²) in [6.45, 7) is 0. The average Bonchev–Trinajstić information content (AvgIpc) is 2.81. The first kappa shape index (κ1) is 25.6. The molecule has 2 aromatic rings. The molecule has 2 N–H and O–H groups in total. The molecule has 3 rings (SSSR count). The number of methoxy groups -OCH3 is 2. The maximum atomic E-state index is 12.9. The Bertz CT molecular complexity index is 1210. The third-order valence-electron chi connectivity index (χ3n) is 4.97. The van der Waals surface area contributed by atoms with Crippen LogP contribution in [0.3, 0.4) is 0 Å². The van der Waals surface area contributed by atoms with E-state index in [-0.39, 0.29) is 22.3 Å². The number of thioether (sulfide) groups is 1. The molecule has 0 unspecified atom stereocenters. The Hall–Kier alpha value is -3.00. The number of esters is 1. The lowest BCUT2D eigenvalue weighted by Gasteiger charge is -2.31. The molecule has 0 fully saturated rings. The number of hydrogen-bond donors (Lipinski definition) is 2. The molecule has 0 bridgehead atoms. The number of nitrogens with one attached hydrogen (secondary N) is 2. The number of hydrogen-bond acceptors (Lipinski definition) is 7. The van der Waals surface area contributed by atoms with Crippen molar-refractivity contribution in [2.24, 2.45) is 5.92 Å². The van der Waals surface area contributed by atoms with E-state index in [0.717, 1.165) is 11.8 Å². The third-order valence-corrected chi connectivity index (χ3v) is 6.85. The fraction of sp³-hybridized carbons (Fsp3) is 0.217. The van der Waals surface area contributed by atoms with Crippen molar-refractivity contribution in [1.29, 1.82) is 5.26 Å². The SMILES string of the molecule is COC(=O)[C@H]1C(=O)NC(SCC(=O)Nc2cccc(Cl)c2)=C(C#N)[C@H]1c1ccc(OC)c(Br)c1. The number of rotatable bonds is 7. The van der Waals surface area contributed by atoms with E-state index < -0.39 is 23.7 Å². The Kier molecular flexibility index (Phi) is 8.61. The smallest absolute Gasteiger partial charge is 0.319 e. The summed E-state index contributed by atoms with van der Waals surface area (Å²) in [5, 5.41) is 15.9. The van der Waals surface area contributed by atoms with E-state index in [1.54, 1.807) is 42.5 Å². The summed E-state index contributed by atoms with van der Waals surface area (Å²) in [6.07, 6.45) is 0. The van der Waals surface area contributed by atoms with Crippen LogP contribution in [0.4, 0.5) is 5.69 Å². The van der Waals surface area contributed by atoms with Crippen molar-refractivity contribution >= 4 is 62.8 Å². The average molecular weight is 565 g/mol. The number of benzene rings is 2. The number of amides is 2. The van der Waals surface area contributed by atoms with Crippen molar-refractivity contribution in [3.63, 3.8) is 0 Å². The van der Waals surface area contributed by atoms with Gasteiger partial charge in [-0.2, -0.15) is 5.26 Å². The first-order chi connectivity index (χ1) is 16.3. The molecule has 8 nitrogen and oxygen atoms in total. The highest BCUT2D eigenvalue weighted by Crippen LogP contribution is 2.42. The zero-order valence-corrected chi connectivity index (χ0v) is 21.2. The Morgan fingerprint density at radius 3 is 2.65 bits per heavy atom. The van der Waals surface area contributed by atoms with E-state index in [4.69, 9.17) is 21.1 Å². The quantitative estimate of drug-likeness (QED) is 0.382. The van der Waals surface area contributed by atoms with Crippen molar-refractivity contribution < 1.29 is 23.9 Å². The van der Waals surface area contributed by atoms with Crippen molar-refractivity contribution in [3.05, 3.63) is 68.1 Å². The van der Waals surface area contributed by atoms with Gasteiger partial charge in [-0.05, 0) is 51.8 Å². The second-order valence-corrected chi connectivity index (χ2v) is 9.34. The number of ether oxygens (including phenoxy) is 2. The van der Waals surface area contributed by atoms with Gasteiger partial charge < -0.3 is 20.1 Å². The van der Waals surface area contributed by atoms with Crippen LogP contribution in [0.1, 0.15) is 11.5 Å². The van der Waals surface area contributed by atoms with E-state index >= 15 is 0 Å².